The third-order valence-corrected chi connectivity index (χ3v) is 5.90. The van der Waals surface area contributed by atoms with Crippen molar-refractivity contribution in [1.29, 1.82) is 0 Å². The van der Waals surface area contributed by atoms with Gasteiger partial charge in [-0.3, -0.25) is 4.90 Å². The summed E-state index contributed by atoms with van der Waals surface area (Å²) in [6.07, 6.45) is -5.94. The van der Waals surface area contributed by atoms with Crippen LogP contribution in [0.3, 0.4) is 0 Å². The van der Waals surface area contributed by atoms with Gasteiger partial charge in [0.25, 0.3) is 0 Å². The Kier molecular flexibility index (Phi) is 8.09. The standard InChI is InChI=1S/C26H22F7NO5/c27-21-8-18(37-12-15-3-4-22(39-14-25(28,29)30)20(7-15)26(31,32)33)9-23-19(21)6-16(13-38-23)10-34-5-1-2-17(11-34)24(35)36/h2-4,6-9H,1,5,10-14H2,(H,35,36). The van der Waals surface area contributed by atoms with Gasteiger partial charge in [0.15, 0.2) is 6.61 Å². The van der Waals surface area contributed by atoms with Crippen LogP contribution in [0.5, 0.6) is 17.2 Å². The second-order valence-corrected chi connectivity index (χ2v) is 8.96. The number of nitrogens with zero attached hydrogens (tertiary/aromatic N) is 1. The Morgan fingerprint density at radius 2 is 1.85 bits per heavy atom. The first-order chi connectivity index (χ1) is 18.3. The van der Waals surface area contributed by atoms with Crippen LogP contribution in [0.1, 0.15) is 23.1 Å². The SMILES string of the molecule is O=C(O)C1=CCCN(CC2=Cc3c(F)cc(OCc4ccc(OCC(F)(F)F)c(C(F)(F)F)c4)cc3OC2)C1. The highest BCUT2D eigenvalue weighted by Crippen LogP contribution is 2.38. The van der Waals surface area contributed by atoms with Gasteiger partial charge in [-0.2, -0.15) is 26.3 Å². The highest BCUT2D eigenvalue weighted by Gasteiger charge is 2.36. The van der Waals surface area contributed by atoms with Crippen LogP contribution in [0, 0.1) is 5.82 Å². The summed E-state index contributed by atoms with van der Waals surface area (Å²) in [7, 11) is 0. The Balaban J connectivity index is 1.44. The lowest BCUT2D eigenvalue weighted by Gasteiger charge is -2.28. The summed E-state index contributed by atoms with van der Waals surface area (Å²) in [4.78, 5) is 13.1. The number of rotatable bonds is 8. The molecule has 39 heavy (non-hydrogen) atoms. The lowest BCUT2D eigenvalue weighted by molar-refractivity contribution is -0.158. The van der Waals surface area contributed by atoms with Crippen molar-refractivity contribution in [3.05, 3.63) is 70.1 Å². The van der Waals surface area contributed by atoms with Gasteiger partial charge >= 0.3 is 18.3 Å². The second-order valence-electron chi connectivity index (χ2n) is 8.96. The van der Waals surface area contributed by atoms with Crippen LogP contribution in [0.4, 0.5) is 30.7 Å². The predicted molar refractivity (Wildman–Crippen MR) is 124 cm³/mol. The maximum atomic E-state index is 14.9. The van der Waals surface area contributed by atoms with Crippen molar-refractivity contribution < 1.29 is 54.8 Å². The zero-order valence-corrected chi connectivity index (χ0v) is 20.2. The average Bonchev–Trinajstić information content (AvgIpc) is 2.86. The number of fused-ring (bicyclic) bond motifs is 1. The van der Waals surface area contributed by atoms with Crippen molar-refractivity contribution in [2.45, 2.75) is 25.4 Å². The first kappa shape index (κ1) is 28.3. The fourth-order valence-electron chi connectivity index (χ4n) is 4.14. The van der Waals surface area contributed by atoms with E-state index in [4.69, 9.17) is 9.47 Å². The Morgan fingerprint density at radius 1 is 1.08 bits per heavy atom. The Hall–Kier alpha value is -3.74. The van der Waals surface area contributed by atoms with Crippen LogP contribution in [0.15, 0.2) is 47.6 Å². The molecule has 4 rings (SSSR count). The summed E-state index contributed by atoms with van der Waals surface area (Å²) in [5.41, 5.74) is -0.253. The number of carboxylic acid groups (broad SMARTS) is 1. The van der Waals surface area contributed by atoms with Gasteiger partial charge in [-0.25, -0.2) is 9.18 Å². The van der Waals surface area contributed by atoms with Crippen LogP contribution in [0.2, 0.25) is 0 Å². The minimum atomic E-state index is -4.98. The number of aliphatic carboxylic acids is 1. The van der Waals surface area contributed by atoms with Crippen LogP contribution < -0.4 is 14.2 Å². The molecule has 2 aliphatic heterocycles. The second kappa shape index (κ2) is 11.2. The molecule has 210 valence electrons. The van der Waals surface area contributed by atoms with E-state index in [0.29, 0.717) is 25.6 Å². The molecule has 6 nitrogen and oxygen atoms in total. The molecule has 2 heterocycles. The molecule has 0 atom stereocenters. The Morgan fingerprint density at radius 3 is 2.54 bits per heavy atom. The van der Waals surface area contributed by atoms with Crippen LogP contribution in [-0.2, 0) is 17.6 Å². The zero-order chi connectivity index (χ0) is 28.4. The predicted octanol–water partition coefficient (Wildman–Crippen LogP) is 5.86. The molecule has 2 aromatic rings. The molecule has 0 aliphatic carbocycles. The fraction of sp³-hybridized carbons (Fsp3) is 0.346. The van der Waals surface area contributed by atoms with Gasteiger partial charge in [0, 0.05) is 37.3 Å². The van der Waals surface area contributed by atoms with Crippen LogP contribution in [0.25, 0.3) is 6.08 Å². The van der Waals surface area contributed by atoms with E-state index in [0.717, 1.165) is 23.8 Å². The third-order valence-electron chi connectivity index (χ3n) is 5.90. The maximum Gasteiger partial charge on any atom is 0.422 e. The molecule has 0 unspecified atom stereocenters. The number of carbonyl (C=O) groups is 1. The van der Waals surface area contributed by atoms with Gasteiger partial charge in [0.05, 0.1) is 11.1 Å². The first-order valence-corrected chi connectivity index (χ1v) is 11.6. The summed E-state index contributed by atoms with van der Waals surface area (Å²) in [6, 6.07) is 4.92. The minimum Gasteiger partial charge on any atom is -0.489 e. The Labute approximate surface area is 217 Å². The number of hydrogen-bond donors (Lipinski definition) is 1. The molecule has 0 bridgehead atoms. The minimum absolute atomic E-state index is 0.0266. The monoisotopic (exact) mass is 561 g/mol. The summed E-state index contributed by atoms with van der Waals surface area (Å²) < 4.78 is 108. The highest BCUT2D eigenvalue weighted by molar-refractivity contribution is 5.87. The molecule has 0 aromatic heterocycles. The van der Waals surface area contributed by atoms with E-state index in [1.54, 1.807) is 12.2 Å². The van der Waals surface area contributed by atoms with Crippen molar-refractivity contribution in [2.24, 2.45) is 0 Å². The fourth-order valence-corrected chi connectivity index (χ4v) is 4.14. The maximum absolute atomic E-state index is 14.9. The normalized spacial score (nSPS) is 16.1. The molecule has 0 spiro atoms. The van der Waals surface area contributed by atoms with E-state index in [1.807, 2.05) is 4.90 Å². The van der Waals surface area contributed by atoms with Crippen molar-refractivity contribution in [2.75, 3.05) is 32.8 Å². The summed E-state index contributed by atoms with van der Waals surface area (Å²) in [6.45, 7) is -0.925. The van der Waals surface area contributed by atoms with E-state index in [-0.39, 0.29) is 41.4 Å². The van der Waals surface area contributed by atoms with Crippen molar-refractivity contribution >= 4 is 12.0 Å². The molecule has 0 amide bonds. The summed E-state index contributed by atoms with van der Waals surface area (Å²) >= 11 is 0. The van der Waals surface area contributed by atoms with Gasteiger partial charge in [-0.15, -0.1) is 0 Å². The van der Waals surface area contributed by atoms with E-state index < -0.39 is 48.7 Å². The molecule has 0 radical (unpaired) electrons. The summed E-state index contributed by atoms with van der Waals surface area (Å²) in [5.74, 6) is -2.53. The number of hydrogen-bond acceptors (Lipinski definition) is 5. The molecule has 2 aromatic carbocycles. The Bertz CT molecular complexity index is 1300. The summed E-state index contributed by atoms with van der Waals surface area (Å²) in [5, 5.41) is 9.19. The number of carboxylic acids is 1. The largest absolute Gasteiger partial charge is 0.489 e. The van der Waals surface area contributed by atoms with Crippen molar-refractivity contribution in [1.82, 2.24) is 4.90 Å². The quantitative estimate of drug-likeness (QED) is 0.408. The van der Waals surface area contributed by atoms with E-state index in [2.05, 4.69) is 4.74 Å². The molecular formula is C26H22F7NO5. The average molecular weight is 561 g/mol. The number of alkyl halides is 6. The number of ether oxygens (including phenoxy) is 3. The smallest absolute Gasteiger partial charge is 0.422 e. The van der Waals surface area contributed by atoms with Crippen LogP contribution >= 0.6 is 0 Å². The third kappa shape index (κ3) is 7.43. The van der Waals surface area contributed by atoms with Gasteiger partial charge < -0.3 is 19.3 Å². The topological polar surface area (TPSA) is 68.2 Å². The molecule has 0 saturated heterocycles. The lowest BCUT2D eigenvalue weighted by Crippen LogP contribution is -2.35. The first-order valence-electron chi connectivity index (χ1n) is 11.6. The molecule has 2 aliphatic rings. The van der Waals surface area contributed by atoms with Gasteiger partial charge in [0.1, 0.15) is 36.3 Å². The molecule has 0 saturated carbocycles. The molecule has 13 heteroatoms. The number of benzene rings is 2. The van der Waals surface area contributed by atoms with Gasteiger partial charge in [0.2, 0.25) is 0 Å². The van der Waals surface area contributed by atoms with E-state index in [1.165, 1.54) is 6.07 Å². The molecular weight excluding hydrogens is 539 g/mol. The van der Waals surface area contributed by atoms with E-state index >= 15 is 0 Å². The zero-order valence-electron chi connectivity index (χ0n) is 20.2. The molecule has 0 fully saturated rings. The van der Waals surface area contributed by atoms with Gasteiger partial charge in [-0.05, 0) is 35.8 Å². The van der Waals surface area contributed by atoms with Crippen molar-refractivity contribution in [3.63, 3.8) is 0 Å². The van der Waals surface area contributed by atoms with Crippen molar-refractivity contribution in [3.8, 4) is 17.2 Å². The van der Waals surface area contributed by atoms with Crippen LogP contribution in [-0.4, -0.2) is 55.0 Å². The van der Waals surface area contributed by atoms with E-state index in [9.17, 15) is 40.6 Å². The number of halogens is 7. The molecule has 1 N–H and O–H groups in total. The van der Waals surface area contributed by atoms with Gasteiger partial charge in [-0.1, -0.05) is 12.1 Å². The lowest BCUT2D eigenvalue weighted by atomic mass is 10.0. The highest BCUT2D eigenvalue weighted by atomic mass is 19.4.